The highest BCUT2D eigenvalue weighted by atomic mass is 16.5. The first-order valence-electron chi connectivity index (χ1n) is 7.39. The maximum atomic E-state index is 12.5. The SMILES string of the molecule is Cc1cccc(COC(=O)c2c(-c3ccccc3)noc2C)c1. The Morgan fingerprint density at radius 3 is 2.61 bits per heavy atom. The predicted octanol–water partition coefficient (Wildman–Crippen LogP) is 4.32. The summed E-state index contributed by atoms with van der Waals surface area (Å²) in [5, 5.41) is 4.00. The van der Waals surface area contributed by atoms with Crippen molar-refractivity contribution < 1.29 is 14.1 Å². The van der Waals surface area contributed by atoms with Gasteiger partial charge in [-0.1, -0.05) is 65.3 Å². The molecule has 0 fully saturated rings. The monoisotopic (exact) mass is 307 g/mol. The minimum absolute atomic E-state index is 0.222. The molecule has 1 heterocycles. The second-order valence-corrected chi connectivity index (χ2v) is 5.39. The molecule has 0 saturated heterocycles. The largest absolute Gasteiger partial charge is 0.457 e. The zero-order valence-corrected chi connectivity index (χ0v) is 13.1. The maximum Gasteiger partial charge on any atom is 0.344 e. The highest BCUT2D eigenvalue weighted by Crippen LogP contribution is 2.26. The summed E-state index contributed by atoms with van der Waals surface area (Å²) in [6, 6.07) is 17.3. The Balaban J connectivity index is 1.81. The van der Waals surface area contributed by atoms with E-state index in [1.165, 1.54) is 0 Å². The van der Waals surface area contributed by atoms with Crippen LogP contribution in [0.2, 0.25) is 0 Å². The van der Waals surface area contributed by atoms with Gasteiger partial charge < -0.3 is 9.26 Å². The maximum absolute atomic E-state index is 12.5. The summed E-state index contributed by atoms with van der Waals surface area (Å²) < 4.78 is 10.6. The molecule has 0 unspecified atom stereocenters. The molecule has 4 nitrogen and oxygen atoms in total. The molecule has 0 atom stereocenters. The first kappa shape index (κ1) is 15.0. The van der Waals surface area contributed by atoms with Gasteiger partial charge in [0.15, 0.2) is 0 Å². The van der Waals surface area contributed by atoms with Crippen LogP contribution >= 0.6 is 0 Å². The van der Waals surface area contributed by atoms with Crippen molar-refractivity contribution in [1.82, 2.24) is 5.16 Å². The van der Waals surface area contributed by atoms with E-state index in [4.69, 9.17) is 9.26 Å². The van der Waals surface area contributed by atoms with E-state index in [1.807, 2.05) is 61.5 Å². The molecule has 0 N–H and O–H groups in total. The molecule has 0 aliphatic heterocycles. The van der Waals surface area contributed by atoms with Crippen molar-refractivity contribution in [3.8, 4) is 11.3 Å². The number of carbonyl (C=O) groups excluding carboxylic acids is 1. The Kier molecular flexibility index (Phi) is 4.24. The first-order chi connectivity index (χ1) is 11.1. The molecule has 0 saturated carbocycles. The van der Waals surface area contributed by atoms with Gasteiger partial charge in [0.25, 0.3) is 0 Å². The van der Waals surface area contributed by atoms with Crippen LogP contribution in [-0.2, 0) is 11.3 Å². The Morgan fingerprint density at radius 1 is 1.09 bits per heavy atom. The van der Waals surface area contributed by atoms with Crippen molar-refractivity contribution in [3.05, 3.63) is 77.0 Å². The van der Waals surface area contributed by atoms with Crippen LogP contribution in [0.1, 0.15) is 27.2 Å². The van der Waals surface area contributed by atoms with Gasteiger partial charge in [-0.2, -0.15) is 0 Å². The van der Waals surface area contributed by atoms with E-state index in [0.29, 0.717) is 17.0 Å². The number of hydrogen-bond acceptors (Lipinski definition) is 4. The molecule has 3 rings (SSSR count). The predicted molar refractivity (Wildman–Crippen MR) is 87.0 cm³/mol. The summed E-state index contributed by atoms with van der Waals surface area (Å²) in [5.74, 6) is 0.0298. The van der Waals surface area contributed by atoms with E-state index >= 15 is 0 Å². The zero-order chi connectivity index (χ0) is 16.2. The lowest BCUT2D eigenvalue weighted by Crippen LogP contribution is -2.07. The van der Waals surface area contributed by atoms with Gasteiger partial charge in [0.2, 0.25) is 0 Å². The number of aryl methyl sites for hydroxylation is 2. The van der Waals surface area contributed by atoms with Crippen LogP contribution in [0, 0.1) is 13.8 Å². The van der Waals surface area contributed by atoms with Crippen molar-refractivity contribution >= 4 is 5.97 Å². The zero-order valence-electron chi connectivity index (χ0n) is 13.1. The standard InChI is InChI=1S/C19H17NO3/c1-13-7-6-8-15(11-13)12-22-19(21)17-14(2)23-20-18(17)16-9-4-3-5-10-16/h3-11H,12H2,1-2H3. The number of hydrogen-bond donors (Lipinski definition) is 0. The molecule has 4 heteroatoms. The van der Waals surface area contributed by atoms with Crippen LogP contribution in [-0.4, -0.2) is 11.1 Å². The smallest absolute Gasteiger partial charge is 0.344 e. The van der Waals surface area contributed by atoms with Gasteiger partial charge in [0, 0.05) is 5.56 Å². The second kappa shape index (κ2) is 6.48. The quantitative estimate of drug-likeness (QED) is 0.674. The number of aromatic nitrogens is 1. The molecule has 0 aliphatic rings. The molecule has 0 spiro atoms. The average molecular weight is 307 g/mol. The van der Waals surface area contributed by atoms with E-state index in [9.17, 15) is 4.79 Å². The first-order valence-corrected chi connectivity index (χ1v) is 7.39. The number of carbonyl (C=O) groups is 1. The lowest BCUT2D eigenvalue weighted by Gasteiger charge is -2.06. The van der Waals surface area contributed by atoms with Crippen molar-refractivity contribution in [2.24, 2.45) is 0 Å². The van der Waals surface area contributed by atoms with E-state index in [1.54, 1.807) is 6.92 Å². The van der Waals surface area contributed by atoms with Crippen LogP contribution in [0.3, 0.4) is 0 Å². The van der Waals surface area contributed by atoms with Gasteiger partial charge in [-0.3, -0.25) is 0 Å². The third kappa shape index (κ3) is 3.31. The van der Waals surface area contributed by atoms with Gasteiger partial charge in [-0.25, -0.2) is 4.79 Å². The van der Waals surface area contributed by atoms with Crippen molar-refractivity contribution in [3.63, 3.8) is 0 Å². The fourth-order valence-electron chi connectivity index (χ4n) is 2.43. The normalized spacial score (nSPS) is 10.5. The Hall–Kier alpha value is -2.88. The van der Waals surface area contributed by atoms with Crippen LogP contribution in [0.15, 0.2) is 59.1 Å². The van der Waals surface area contributed by atoms with Gasteiger partial charge >= 0.3 is 5.97 Å². The Labute approximate surface area is 134 Å². The van der Waals surface area contributed by atoms with Crippen molar-refractivity contribution in [2.75, 3.05) is 0 Å². The third-order valence-electron chi connectivity index (χ3n) is 3.57. The van der Waals surface area contributed by atoms with Crippen LogP contribution in [0.5, 0.6) is 0 Å². The lowest BCUT2D eigenvalue weighted by atomic mass is 10.1. The van der Waals surface area contributed by atoms with Crippen LogP contribution in [0.4, 0.5) is 0 Å². The fourth-order valence-corrected chi connectivity index (χ4v) is 2.43. The van der Waals surface area contributed by atoms with Gasteiger partial charge in [-0.05, 0) is 19.4 Å². The second-order valence-electron chi connectivity index (χ2n) is 5.39. The van der Waals surface area contributed by atoms with Gasteiger partial charge in [0.1, 0.15) is 23.6 Å². The Bertz CT molecular complexity index is 822. The molecular weight excluding hydrogens is 290 g/mol. The van der Waals surface area contributed by atoms with E-state index in [0.717, 1.165) is 16.7 Å². The highest BCUT2D eigenvalue weighted by molar-refractivity contribution is 5.97. The number of nitrogens with zero attached hydrogens (tertiary/aromatic N) is 1. The molecule has 2 aromatic carbocycles. The molecule has 3 aromatic rings. The number of esters is 1. The van der Waals surface area contributed by atoms with Gasteiger partial charge in [-0.15, -0.1) is 0 Å². The summed E-state index contributed by atoms with van der Waals surface area (Å²) in [5.41, 5.74) is 3.80. The van der Waals surface area contributed by atoms with Crippen molar-refractivity contribution in [1.29, 1.82) is 0 Å². The Morgan fingerprint density at radius 2 is 1.87 bits per heavy atom. The molecule has 0 radical (unpaired) electrons. The lowest BCUT2D eigenvalue weighted by molar-refractivity contribution is 0.0471. The average Bonchev–Trinajstić information content (AvgIpc) is 2.95. The molecule has 0 amide bonds. The summed E-state index contributed by atoms with van der Waals surface area (Å²) in [7, 11) is 0. The number of benzene rings is 2. The van der Waals surface area contributed by atoms with Crippen molar-refractivity contribution in [2.45, 2.75) is 20.5 Å². The minimum Gasteiger partial charge on any atom is -0.457 e. The third-order valence-corrected chi connectivity index (χ3v) is 3.57. The number of ether oxygens (including phenoxy) is 1. The van der Waals surface area contributed by atoms with Gasteiger partial charge in [0.05, 0.1) is 0 Å². The molecule has 23 heavy (non-hydrogen) atoms. The fraction of sp³-hybridized carbons (Fsp3) is 0.158. The van der Waals surface area contributed by atoms with E-state index in [-0.39, 0.29) is 6.61 Å². The molecular formula is C19H17NO3. The van der Waals surface area contributed by atoms with Crippen LogP contribution in [0.25, 0.3) is 11.3 Å². The molecule has 1 aromatic heterocycles. The molecule has 0 aliphatic carbocycles. The molecule has 116 valence electrons. The topological polar surface area (TPSA) is 52.3 Å². The summed E-state index contributed by atoms with van der Waals surface area (Å²) in [4.78, 5) is 12.5. The van der Waals surface area contributed by atoms with E-state index < -0.39 is 5.97 Å². The summed E-state index contributed by atoms with van der Waals surface area (Å²) in [6.07, 6.45) is 0. The number of rotatable bonds is 4. The summed E-state index contributed by atoms with van der Waals surface area (Å²) in [6.45, 7) is 3.94. The van der Waals surface area contributed by atoms with E-state index in [2.05, 4.69) is 5.16 Å². The summed E-state index contributed by atoms with van der Waals surface area (Å²) >= 11 is 0. The van der Waals surface area contributed by atoms with Crippen LogP contribution < -0.4 is 0 Å². The minimum atomic E-state index is -0.427. The molecule has 0 bridgehead atoms. The highest BCUT2D eigenvalue weighted by Gasteiger charge is 2.22.